The van der Waals surface area contributed by atoms with E-state index in [9.17, 15) is 4.79 Å². The van der Waals surface area contributed by atoms with E-state index in [1.54, 1.807) is 25.7 Å². The van der Waals surface area contributed by atoms with Crippen LogP contribution in [0, 0.1) is 0 Å². The van der Waals surface area contributed by atoms with E-state index in [4.69, 9.17) is 4.74 Å². The van der Waals surface area contributed by atoms with Crippen molar-refractivity contribution >= 4 is 23.0 Å². The van der Waals surface area contributed by atoms with E-state index < -0.39 is 0 Å². The predicted octanol–water partition coefficient (Wildman–Crippen LogP) is 3.84. The average molecular weight is 388 g/mol. The van der Waals surface area contributed by atoms with Crippen molar-refractivity contribution in [1.82, 2.24) is 25.3 Å². The lowest BCUT2D eigenvalue weighted by Gasteiger charge is -2.10. The van der Waals surface area contributed by atoms with Crippen LogP contribution in [0.4, 0.5) is 10.7 Å². The minimum atomic E-state index is -0.323. The molecule has 0 aliphatic rings. The first-order valence-corrected chi connectivity index (χ1v) is 9.18. The van der Waals surface area contributed by atoms with Crippen LogP contribution in [0.15, 0.2) is 55.0 Å². The number of pyridine rings is 2. The number of anilines is 1. The lowest BCUT2D eigenvalue weighted by molar-refractivity contribution is 0.252. The summed E-state index contributed by atoms with van der Waals surface area (Å²) >= 11 is 0. The summed E-state index contributed by atoms with van der Waals surface area (Å²) in [6.45, 7) is 2.37. The molecule has 3 aromatic heterocycles. The van der Waals surface area contributed by atoms with Gasteiger partial charge in [0.25, 0.3) is 0 Å². The molecule has 3 N–H and O–H groups in total. The van der Waals surface area contributed by atoms with Gasteiger partial charge < -0.3 is 15.0 Å². The zero-order valence-corrected chi connectivity index (χ0v) is 16.1. The molecule has 146 valence electrons. The van der Waals surface area contributed by atoms with Gasteiger partial charge in [-0.3, -0.25) is 15.3 Å². The molecule has 4 aromatic rings. The number of nitrogens with zero attached hydrogens (tertiary/aromatic N) is 3. The third-order valence-corrected chi connectivity index (χ3v) is 4.40. The molecule has 0 unspecified atom stereocenters. The van der Waals surface area contributed by atoms with Gasteiger partial charge in [-0.25, -0.2) is 9.78 Å². The maximum atomic E-state index is 11.9. The van der Waals surface area contributed by atoms with Gasteiger partial charge in [0, 0.05) is 36.3 Å². The highest BCUT2D eigenvalue weighted by molar-refractivity contribution is 5.98. The Balaban J connectivity index is 1.91. The Labute approximate surface area is 167 Å². The number of aromatic nitrogens is 4. The first-order valence-electron chi connectivity index (χ1n) is 9.18. The molecule has 0 saturated heterocycles. The highest BCUT2D eigenvalue weighted by Gasteiger charge is 2.17. The molecule has 0 spiro atoms. The van der Waals surface area contributed by atoms with Gasteiger partial charge in [0.05, 0.1) is 12.6 Å². The number of amides is 2. The molecule has 0 fully saturated rings. The van der Waals surface area contributed by atoms with E-state index in [1.165, 1.54) is 0 Å². The average Bonchev–Trinajstić information content (AvgIpc) is 3.16. The highest BCUT2D eigenvalue weighted by Crippen LogP contribution is 2.36. The molecule has 0 atom stereocenters. The summed E-state index contributed by atoms with van der Waals surface area (Å²) in [6, 6.07) is 11.2. The summed E-state index contributed by atoms with van der Waals surface area (Å²) in [5.41, 5.74) is 4.81. The van der Waals surface area contributed by atoms with Crippen LogP contribution in [0.2, 0.25) is 0 Å². The molecular formula is C21H20N6O2. The minimum absolute atomic E-state index is 0.323. The van der Waals surface area contributed by atoms with E-state index >= 15 is 0 Å². The third-order valence-electron chi connectivity index (χ3n) is 4.40. The number of benzene rings is 1. The maximum absolute atomic E-state index is 11.9. The van der Waals surface area contributed by atoms with Crippen molar-refractivity contribution in [2.75, 3.05) is 19.0 Å². The highest BCUT2D eigenvalue weighted by atomic mass is 16.5. The summed E-state index contributed by atoms with van der Waals surface area (Å²) in [4.78, 5) is 28.4. The zero-order valence-electron chi connectivity index (χ0n) is 16.1. The molecule has 29 heavy (non-hydrogen) atoms. The molecule has 8 nitrogen and oxygen atoms in total. The number of carbonyl (C=O) groups is 1. The normalized spacial score (nSPS) is 10.7. The minimum Gasteiger partial charge on any atom is -0.494 e. The molecule has 4 rings (SSSR count). The van der Waals surface area contributed by atoms with Crippen LogP contribution in [-0.4, -0.2) is 39.6 Å². The molecule has 0 aliphatic carbocycles. The van der Waals surface area contributed by atoms with Crippen molar-refractivity contribution in [2.24, 2.45) is 0 Å². The van der Waals surface area contributed by atoms with Gasteiger partial charge in [-0.1, -0.05) is 6.07 Å². The molecule has 3 heterocycles. The number of ether oxygens (including phenoxy) is 1. The smallest absolute Gasteiger partial charge is 0.321 e. The second-order valence-corrected chi connectivity index (χ2v) is 6.29. The number of hydrogen-bond acceptors (Lipinski definition) is 5. The van der Waals surface area contributed by atoms with Gasteiger partial charge >= 0.3 is 6.03 Å². The number of fused-ring (bicyclic) bond motifs is 1. The summed E-state index contributed by atoms with van der Waals surface area (Å²) in [6.07, 6.45) is 5.24. The Morgan fingerprint density at radius 3 is 2.79 bits per heavy atom. The number of imidazole rings is 1. The Bertz CT molecular complexity index is 1160. The van der Waals surface area contributed by atoms with Crippen molar-refractivity contribution in [3.63, 3.8) is 0 Å². The fourth-order valence-electron chi connectivity index (χ4n) is 3.13. The quantitative estimate of drug-likeness (QED) is 0.482. The van der Waals surface area contributed by atoms with Crippen LogP contribution in [0.3, 0.4) is 0 Å². The Kier molecular flexibility index (Phi) is 5.07. The topological polar surface area (TPSA) is 105 Å². The van der Waals surface area contributed by atoms with Crippen molar-refractivity contribution < 1.29 is 9.53 Å². The van der Waals surface area contributed by atoms with Crippen molar-refractivity contribution in [2.45, 2.75) is 6.92 Å². The summed E-state index contributed by atoms with van der Waals surface area (Å²) in [5, 5.41) is 5.41. The van der Waals surface area contributed by atoms with Crippen molar-refractivity contribution in [1.29, 1.82) is 0 Å². The number of carbonyl (C=O) groups excluding carboxylic acids is 1. The van der Waals surface area contributed by atoms with Crippen LogP contribution in [0.1, 0.15) is 6.92 Å². The molecule has 0 radical (unpaired) electrons. The number of H-pyrrole nitrogens is 1. The second kappa shape index (κ2) is 7.97. The summed E-state index contributed by atoms with van der Waals surface area (Å²) in [7, 11) is 1.61. The van der Waals surface area contributed by atoms with Crippen LogP contribution >= 0.6 is 0 Å². The largest absolute Gasteiger partial charge is 0.494 e. The van der Waals surface area contributed by atoms with Crippen LogP contribution < -0.4 is 15.4 Å². The Morgan fingerprint density at radius 1 is 1.17 bits per heavy atom. The van der Waals surface area contributed by atoms with Crippen molar-refractivity contribution in [3.8, 4) is 28.1 Å². The second-order valence-electron chi connectivity index (χ2n) is 6.29. The maximum Gasteiger partial charge on any atom is 0.321 e. The van der Waals surface area contributed by atoms with E-state index in [0.29, 0.717) is 29.5 Å². The number of nitrogens with one attached hydrogen (secondary N) is 3. The first-order chi connectivity index (χ1) is 14.2. The van der Waals surface area contributed by atoms with Gasteiger partial charge in [0.1, 0.15) is 17.0 Å². The Hall–Kier alpha value is -3.94. The third kappa shape index (κ3) is 3.73. The number of urea groups is 1. The zero-order chi connectivity index (χ0) is 20.2. The SMILES string of the molecule is CCNC(=O)Nc1nc2c(-c3ncccc3OC)cc(-c3cccnc3)cc2[nH]1. The number of hydrogen-bond donors (Lipinski definition) is 3. The predicted molar refractivity (Wildman–Crippen MR) is 112 cm³/mol. The van der Waals surface area contributed by atoms with Gasteiger partial charge in [-0.15, -0.1) is 0 Å². The first kappa shape index (κ1) is 18.4. The fourth-order valence-corrected chi connectivity index (χ4v) is 3.13. The molecule has 0 saturated carbocycles. The van der Waals surface area contributed by atoms with Crippen LogP contribution in [0.25, 0.3) is 33.4 Å². The molecule has 8 heteroatoms. The van der Waals surface area contributed by atoms with E-state index in [-0.39, 0.29) is 6.03 Å². The van der Waals surface area contributed by atoms with E-state index in [2.05, 4.69) is 30.6 Å². The molecule has 0 aliphatic heterocycles. The fraction of sp³-hybridized carbons (Fsp3) is 0.143. The van der Waals surface area contributed by atoms with Crippen molar-refractivity contribution in [3.05, 3.63) is 55.0 Å². The molecular weight excluding hydrogens is 368 g/mol. The standard InChI is InChI=1S/C21H20N6O2/c1-3-23-21(28)27-20-25-16-11-14(13-6-4-8-22-12-13)10-15(18(16)26-20)19-17(29-2)7-5-9-24-19/h4-12H,3H2,1-2H3,(H3,23,25,26,27,28). The van der Waals surface area contributed by atoms with Gasteiger partial charge in [0.2, 0.25) is 5.95 Å². The number of rotatable bonds is 5. The Morgan fingerprint density at radius 2 is 2.03 bits per heavy atom. The van der Waals surface area contributed by atoms with Gasteiger partial charge in [0.15, 0.2) is 0 Å². The summed E-state index contributed by atoms with van der Waals surface area (Å²) in [5.74, 6) is 0.990. The lowest BCUT2D eigenvalue weighted by Crippen LogP contribution is -2.28. The molecule has 2 amide bonds. The lowest BCUT2D eigenvalue weighted by atomic mass is 10.0. The molecule has 1 aromatic carbocycles. The monoisotopic (exact) mass is 388 g/mol. The van der Waals surface area contributed by atoms with Crippen LogP contribution in [-0.2, 0) is 0 Å². The van der Waals surface area contributed by atoms with E-state index in [0.717, 1.165) is 22.2 Å². The molecule has 0 bridgehead atoms. The number of aromatic amines is 1. The van der Waals surface area contributed by atoms with Gasteiger partial charge in [-0.2, -0.15) is 0 Å². The van der Waals surface area contributed by atoms with Crippen LogP contribution in [0.5, 0.6) is 5.75 Å². The number of methoxy groups -OCH3 is 1. The van der Waals surface area contributed by atoms with Gasteiger partial charge in [-0.05, 0) is 42.8 Å². The van der Waals surface area contributed by atoms with E-state index in [1.807, 2.05) is 43.3 Å². The summed E-state index contributed by atoms with van der Waals surface area (Å²) < 4.78 is 5.50.